The summed E-state index contributed by atoms with van der Waals surface area (Å²) < 4.78 is 0. The number of rotatable bonds is 4. The first-order chi connectivity index (χ1) is 9.07. The number of nitrogens with two attached hydrogens (primary N) is 1. The molecule has 19 heavy (non-hydrogen) atoms. The van der Waals surface area contributed by atoms with Gasteiger partial charge in [0.1, 0.15) is 0 Å². The molecule has 1 aromatic rings. The van der Waals surface area contributed by atoms with Crippen LogP contribution in [0.25, 0.3) is 0 Å². The fourth-order valence-corrected chi connectivity index (χ4v) is 3.02. The second-order valence-electron chi connectivity index (χ2n) is 5.68. The molecule has 0 aromatic heterocycles. The minimum atomic E-state index is 0.117. The van der Waals surface area contributed by atoms with Gasteiger partial charge in [-0.1, -0.05) is 29.8 Å². The normalized spacial score (nSPS) is 19.8. The summed E-state index contributed by atoms with van der Waals surface area (Å²) in [5.74, 6) is 0. The number of hydrogen-bond acceptors (Lipinski definition) is 3. The SMILES string of the molecule is CN1CCC(CN)(N(C)Cc2ccccc2Cl)CC1. The van der Waals surface area contributed by atoms with Crippen molar-refractivity contribution in [2.45, 2.75) is 24.9 Å². The first-order valence-corrected chi connectivity index (χ1v) is 7.28. The van der Waals surface area contributed by atoms with Crippen LogP contribution in [0, 0.1) is 0 Å². The highest BCUT2D eigenvalue weighted by Crippen LogP contribution is 2.29. The van der Waals surface area contributed by atoms with E-state index in [1.807, 2.05) is 18.2 Å². The lowest BCUT2D eigenvalue weighted by Gasteiger charge is -2.46. The van der Waals surface area contributed by atoms with E-state index in [0.29, 0.717) is 6.54 Å². The van der Waals surface area contributed by atoms with Gasteiger partial charge >= 0.3 is 0 Å². The Bertz CT molecular complexity index is 414. The Morgan fingerprint density at radius 2 is 1.95 bits per heavy atom. The van der Waals surface area contributed by atoms with Gasteiger partial charge in [-0.15, -0.1) is 0 Å². The van der Waals surface area contributed by atoms with E-state index in [-0.39, 0.29) is 5.54 Å². The van der Waals surface area contributed by atoms with Crippen molar-refractivity contribution in [2.75, 3.05) is 33.7 Å². The Morgan fingerprint density at radius 1 is 1.32 bits per heavy atom. The van der Waals surface area contributed by atoms with Gasteiger partial charge in [-0.25, -0.2) is 0 Å². The van der Waals surface area contributed by atoms with Crippen molar-refractivity contribution in [2.24, 2.45) is 5.73 Å². The average molecular weight is 282 g/mol. The predicted molar refractivity (Wildman–Crippen MR) is 81.4 cm³/mol. The molecule has 0 aliphatic carbocycles. The molecule has 1 aliphatic heterocycles. The van der Waals surface area contributed by atoms with Gasteiger partial charge < -0.3 is 10.6 Å². The summed E-state index contributed by atoms with van der Waals surface area (Å²) >= 11 is 6.25. The molecule has 0 unspecified atom stereocenters. The largest absolute Gasteiger partial charge is 0.329 e. The summed E-state index contributed by atoms with van der Waals surface area (Å²) in [6.45, 7) is 3.80. The zero-order valence-electron chi connectivity index (χ0n) is 11.9. The lowest BCUT2D eigenvalue weighted by atomic mass is 9.86. The minimum absolute atomic E-state index is 0.117. The van der Waals surface area contributed by atoms with Crippen LogP contribution in [-0.2, 0) is 6.54 Å². The number of likely N-dealkylation sites (tertiary alicyclic amines) is 1. The highest BCUT2D eigenvalue weighted by molar-refractivity contribution is 6.31. The van der Waals surface area contributed by atoms with Gasteiger partial charge in [0.05, 0.1) is 0 Å². The Balaban J connectivity index is 2.09. The molecule has 0 bridgehead atoms. The second kappa shape index (κ2) is 6.23. The fraction of sp³-hybridized carbons (Fsp3) is 0.600. The van der Waals surface area contributed by atoms with Crippen LogP contribution < -0.4 is 5.73 Å². The molecule has 0 radical (unpaired) electrons. The van der Waals surface area contributed by atoms with Gasteiger partial charge in [0.15, 0.2) is 0 Å². The van der Waals surface area contributed by atoms with Crippen LogP contribution in [0.2, 0.25) is 5.02 Å². The fourth-order valence-electron chi connectivity index (χ4n) is 2.83. The van der Waals surface area contributed by atoms with Crippen molar-refractivity contribution in [1.29, 1.82) is 0 Å². The molecule has 0 spiro atoms. The number of likely N-dealkylation sites (N-methyl/N-ethyl adjacent to an activating group) is 1. The van der Waals surface area contributed by atoms with E-state index in [2.05, 4.69) is 30.0 Å². The van der Waals surface area contributed by atoms with E-state index in [0.717, 1.165) is 37.5 Å². The third-order valence-electron chi connectivity index (χ3n) is 4.47. The van der Waals surface area contributed by atoms with Crippen molar-refractivity contribution in [1.82, 2.24) is 9.80 Å². The van der Waals surface area contributed by atoms with Gasteiger partial charge in [-0.05, 0) is 51.7 Å². The molecule has 0 amide bonds. The molecule has 0 atom stereocenters. The van der Waals surface area contributed by atoms with Gasteiger partial charge in [0.25, 0.3) is 0 Å². The quantitative estimate of drug-likeness (QED) is 0.918. The van der Waals surface area contributed by atoms with Crippen LogP contribution in [-0.4, -0.2) is 49.1 Å². The van der Waals surface area contributed by atoms with Crippen molar-refractivity contribution in [3.63, 3.8) is 0 Å². The van der Waals surface area contributed by atoms with Crippen LogP contribution in [0.15, 0.2) is 24.3 Å². The van der Waals surface area contributed by atoms with E-state index < -0.39 is 0 Å². The molecule has 0 saturated carbocycles. The number of nitrogens with zero attached hydrogens (tertiary/aromatic N) is 2. The van der Waals surface area contributed by atoms with E-state index in [4.69, 9.17) is 17.3 Å². The number of halogens is 1. The van der Waals surface area contributed by atoms with Crippen LogP contribution in [0.3, 0.4) is 0 Å². The molecule has 2 rings (SSSR count). The van der Waals surface area contributed by atoms with E-state index in [9.17, 15) is 0 Å². The van der Waals surface area contributed by atoms with Crippen molar-refractivity contribution < 1.29 is 0 Å². The summed E-state index contributed by atoms with van der Waals surface area (Å²) in [4.78, 5) is 4.76. The Labute approximate surface area is 121 Å². The molecular formula is C15H24ClN3. The summed E-state index contributed by atoms with van der Waals surface area (Å²) in [7, 11) is 4.34. The average Bonchev–Trinajstić information content (AvgIpc) is 2.42. The molecule has 1 saturated heterocycles. The van der Waals surface area contributed by atoms with E-state index in [1.54, 1.807) is 0 Å². The summed E-state index contributed by atoms with van der Waals surface area (Å²) in [6, 6.07) is 8.06. The number of piperidine rings is 1. The summed E-state index contributed by atoms with van der Waals surface area (Å²) in [5, 5.41) is 0.842. The highest BCUT2D eigenvalue weighted by Gasteiger charge is 2.36. The monoisotopic (exact) mass is 281 g/mol. The molecule has 106 valence electrons. The van der Waals surface area contributed by atoms with Crippen LogP contribution in [0.5, 0.6) is 0 Å². The zero-order chi connectivity index (χ0) is 13.9. The summed E-state index contributed by atoms with van der Waals surface area (Å²) in [6.07, 6.45) is 2.25. The van der Waals surface area contributed by atoms with E-state index >= 15 is 0 Å². The molecule has 1 aliphatic rings. The Hall–Kier alpha value is -0.610. The van der Waals surface area contributed by atoms with Crippen molar-refractivity contribution in [3.8, 4) is 0 Å². The predicted octanol–water partition coefficient (Wildman–Crippen LogP) is 2.19. The molecule has 3 nitrogen and oxygen atoms in total. The lowest BCUT2D eigenvalue weighted by Crippen LogP contribution is -2.57. The zero-order valence-corrected chi connectivity index (χ0v) is 12.7. The maximum Gasteiger partial charge on any atom is 0.0451 e. The van der Waals surface area contributed by atoms with Crippen LogP contribution in [0.4, 0.5) is 0 Å². The molecule has 1 fully saturated rings. The number of hydrogen-bond donors (Lipinski definition) is 1. The molecular weight excluding hydrogens is 258 g/mol. The molecule has 4 heteroatoms. The minimum Gasteiger partial charge on any atom is -0.329 e. The number of benzene rings is 1. The van der Waals surface area contributed by atoms with Crippen LogP contribution in [0.1, 0.15) is 18.4 Å². The third kappa shape index (κ3) is 3.29. The molecule has 1 aromatic carbocycles. The Morgan fingerprint density at radius 3 is 2.53 bits per heavy atom. The van der Waals surface area contributed by atoms with E-state index in [1.165, 1.54) is 5.56 Å². The lowest BCUT2D eigenvalue weighted by molar-refractivity contribution is 0.0485. The smallest absolute Gasteiger partial charge is 0.0451 e. The topological polar surface area (TPSA) is 32.5 Å². The standard InChI is InChI=1S/C15H24ClN3/c1-18-9-7-15(12-17,8-10-18)19(2)11-13-5-3-4-6-14(13)16/h3-6H,7-12,17H2,1-2H3. The second-order valence-corrected chi connectivity index (χ2v) is 6.09. The Kier molecular flexibility index (Phi) is 4.85. The van der Waals surface area contributed by atoms with Crippen LogP contribution >= 0.6 is 11.6 Å². The van der Waals surface area contributed by atoms with Gasteiger partial charge in [0.2, 0.25) is 0 Å². The summed E-state index contributed by atoms with van der Waals surface area (Å²) in [5.41, 5.74) is 7.38. The highest BCUT2D eigenvalue weighted by atomic mass is 35.5. The third-order valence-corrected chi connectivity index (χ3v) is 4.84. The first-order valence-electron chi connectivity index (χ1n) is 6.91. The van der Waals surface area contributed by atoms with Gasteiger partial charge in [-0.3, -0.25) is 4.90 Å². The van der Waals surface area contributed by atoms with Crippen molar-refractivity contribution >= 4 is 11.6 Å². The van der Waals surface area contributed by atoms with Crippen molar-refractivity contribution in [3.05, 3.63) is 34.9 Å². The maximum absolute atomic E-state index is 6.25. The molecule has 1 heterocycles. The van der Waals surface area contributed by atoms with Gasteiger partial charge in [-0.2, -0.15) is 0 Å². The maximum atomic E-state index is 6.25. The first kappa shape index (κ1) is 14.8. The van der Waals surface area contributed by atoms with Gasteiger partial charge in [0, 0.05) is 23.7 Å². The molecule has 2 N–H and O–H groups in total.